The summed E-state index contributed by atoms with van der Waals surface area (Å²) < 4.78 is 0. The maximum absolute atomic E-state index is 12.2. The summed E-state index contributed by atoms with van der Waals surface area (Å²) in [6, 6.07) is 7.94. The first-order valence-corrected chi connectivity index (χ1v) is 8.10. The van der Waals surface area contributed by atoms with E-state index in [2.05, 4.69) is 9.97 Å². The summed E-state index contributed by atoms with van der Waals surface area (Å²) in [5, 5.41) is 0. The van der Waals surface area contributed by atoms with Crippen LogP contribution in [0.5, 0.6) is 0 Å². The molecule has 2 amide bonds. The summed E-state index contributed by atoms with van der Waals surface area (Å²) in [5.41, 5.74) is 2.00. The number of aromatic amines is 1. The maximum atomic E-state index is 12.2. The molecule has 0 spiro atoms. The number of fused-ring (bicyclic) bond motifs is 1. The van der Waals surface area contributed by atoms with Gasteiger partial charge in [-0.3, -0.25) is 9.59 Å². The topological polar surface area (TPSA) is 69.3 Å². The lowest BCUT2D eigenvalue weighted by Crippen LogP contribution is -2.50. The molecular weight excluding hydrogens is 292 g/mol. The van der Waals surface area contributed by atoms with E-state index in [1.807, 2.05) is 29.2 Å². The molecule has 122 valence electrons. The summed E-state index contributed by atoms with van der Waals surface area (Å²) in [5.74, 6) is 1.19. The fourth-order valence-electron chi connectivity index (χ4n) is 2.96. The Morgan fingerprint density at radius 1 is 1.13 bits per heavy atom. The van der Waals surface area contributed by atoms with E-state index in [1.54, 1.807) is 11.8 Å². The Morgan fingerprint density at radius 3 is 2.52 bits per heavy atom. The number of aryl methyl sites for hydroxylation is 1. The number of piperazine rings is 1. The molecule has 3 rings (SSSR count). The number of nitrogens with zero attached hydrogens (tertiary/aromatic N) is 3. The number of H-pyrrole nitrogens is 1. The van der Waals surface area contributed by atoms with Crippen molar-refractivity contribution in [1.82, 2.24) is 19.8 Å². The second-order valence-electron chi connectivity index (χ2n) is 5.94. The molecule has 1 fully saturated rings. The molecule has 2 aromatic rings. The number of carbonyl (C=O) groups excluding carboxylic acids is 2. The molecule has 2 heterocycles. The zero-order chi connectivity index (χ0) is 16.2. The number of amides is 2. The van der Waals surface area contributed by atoms with Gasteiger partial charge in [0.25, 0.3) is 0 Å². The second kappa shape index (κ2) is 6.81. The first-order chi connectivity index (χ1) is 11.1. The summed E-state index contributed by atoms with van der Waals surface area (Å²) in [6.07, 6.45) is 2.08. The van der Waals surface area contributed by atoms with Gasteiger partial charge >= 0.3 is 0 Å². The van der Waals surface area contributed by atoms with Gasteiger partial charge in [-0.2, -0.15) is 0 Å². The number of hydrogen-bond donors (Lipinski definition) is 1. The van der Waals surface area contributed by atoms with Gasteiger partial charge in [0.2, 0.25) is 11.8 Å². The molecule has 1 aromatic heterocycles. The van der Waals surface area contributed by atoms with Crippen LogP contribution in [0.4, 0.5) is 0 Å². The van der Waals surface area contributed by atoms with Crippen LogP contribution < -0.4 is 0 Å². The Balaban J connectivity index is 1.45. The van der Waals surface area contributed by atoms with Crippen molar-refractivity contribution in [2.75, 3.05) is 26.2 Å². The fourth-order valence-corrected chi connectivity index (χ4v) is 2.96. The van der Waals surface area contributed by atoms with Crippen LogP contribution in [-0.4, -0.2) is 57.8 Å². The van der Waals surface area contributed by atoms with E-state index in [4.69, 9.17) is 0 Å². The molecule has 1 aliphatic rings. The van der Waals surface area contributed by atoms with Gasteiger partial charge in [-0.15, -0.1) is 0 Å². The molecule has 1 saturated heterocycles. The molecule has 0 atom stereocenters. The highest BCUT2D eigenvalue weighted by atomic mass is 16.2. The minimum absolute atomic E-state index is 0.0852. The predicted molar refractivity (Wildman–Crippen MR) is 87.9 cm³/mol. The Kier molecular flexibility index (Phi) is 4.60. The van der Waals surface area contributed by atoms with Crippen LogP contribution in [0.2, 0.25) is 0 Å². The number of rotatable bonds is 4. The molecule has 0 radical (unpaired) electrons. The van der Waals surface area contributed by atoms with Crippen LogP contribution in [0.1, 0.15) is 25.6 Å². The van der Waals surface area contributed by atoms with Gasteiger partial charge < -0.3 is 14.8 Å². The van der Waals surface area contributed by atoms with Crippen LogP contribution in [0.3, 0.4) is 0 Å². The number of imidazole rings is 1. The normalized spacial score (nSPS) is 15.2. The smallest absolute Gasteiger partial charge is 0.222 e. The van der Waals surface area contributed by atoms with Crippen LogP contribution in [0.15, 0.2) is 24.3 Å². The van der Waals surface area contributed by atoms with E-state index in [0.29, 0.717) is 32.6 Å². The monoisotopic (exact) mass is 314 g/mol. The van der Waals surface area contributed by atoms with Gasteiger partial charge in [0, 0.05) is 45.9 Å². The van der Waals surface area contributed by atoms with E-state index in [9.17, 15) is 9.59 Å². The average Bonchev–Trinajstić information content (AvgIpc) is 2.97. The number of aromatic nitrogens is 2. The summed E-state index contributed by atoms with van der Waals surface area (Å²) in [7, 11) is 0. The standard InChI is InChI=1S/C17H22N4O2/c1-13(22)20-9-11-21(12-10-20)17(23)8-4-7-16-18-14-5-2-3-6-15(14)19-16/h2-3,5-6H,4,7-12H2,1H3,(H,18,19). The maximum Gasteiger partial charge on any atom is 0.222 e. The van der Waals surface area contributed by atoms with Crippen molar-refractivity contribution in [3.63, 3.8) is 0 Å². The number of nitrogens with one attached hydrogen (secondary N) is 1. The number of benzene rings is 1. The van der Waals surface area contributed by atoms with E-state index >= 15 is 0 Å². The largest absolute Gasteiger partial charge is 0.342 e. The van der Waals surface area contributed by atoms with Crippen molar-refractivity contribution in [2.45, 2.75) is 26.2 Å². The van der Waals surface area contributed by atoms with E-state index < -0.39 is 0 Å². The van der Waals surface area contributed by atoms with Crippen molar-refractivity contribution in [2.24, 2.45) is 0 Å². The van der Waals surface area contributed by atoms with Gasteiger partial charge in [0.1, 0.15) is 5.82 Å². The molecule has 0 aliphatic carbocycles. The van der Waals surface area contributed by atoms with Crippen LogP contribution in [0, 0.1) is 0 Å². The van der Waals surface area contributed by atoms with Crippen LogP contribution >= 0.6 is 0 Å². The van der Waals surface area contributed by atoms with E-state index in [1.165, 1.54) is 0 Å². The quantitative estimate of drug-likeness (QED) is 0.931. The van der Waals surface area contributed by atoms with Gasteiger partial charge in [-0.05, 0) is 18.6 Å². The predicted octanol–water partition coefficient (Wildman–Crippen LogP) is 1.58. The summed E-state index contributed by atoms with van der Waals surface area (Å²) in [6.45, 7) is 4.15. The Morgan fingerprint density at radius 2 is 1.83 bits per heavy atom. The molecule has 1 aromatic carbocycles. The lowest BCUT2D eigenvalue weighted by molar-refractivity contribution is -0.138. The Labute approximate surface area is 135 Å². The Bertz CT molecular complexity index is 668. The second-order valence-corrected chi connectivity index (χ2v) is 5.94. The first-order valence-electron chi connectivity index (χ1n) is 8.10. The van der Waals surface area contributed by atoms with Gasteiger partial charge in [-0.25, -0.2) is 4.98 Å². The number of hydrogen-bond acceptors (Lipinski definition) is 3. The Hall–Kier alpha value is -2.37. The molecular formula is C17H22N4O2. The van der Waals surface area contributed by atoms with Crippen molar-refractivity contribution < 1.29 is 9.59 Å². The lowest BCUT2D eigenvalue weighted by Gasteiger charge is -2.34. The van der Waals surface area contributed by atoms with Gasteiger partial charge in [0.15, 0.2) is 0 Å². The van der Waals surface area contributed by atoms with Crippen LogP contribution in [-0.2, 0) is 16.0 Å². The number of carbonyl (C=O) groups is 2. The molecule has 6 nitrogen and oxygen atoms in total. The highest BCUT2D eigenvalue weighted by molar-refractivity contribution is 5.77. The highest BCUT2D eigenvalue weighted by Gasteiger charge is 2.21. The van der Waals surface area contributed by atoms with Crippen molar-refractivity contribution in [3.8, 4) is 0 Å². The highest BCUT2D eigenvalue weighted by Crippen LogP contribution is 2.12. The zero-order valence-corrected chi connectivity index (χ0v) is 13.4. The van der Waals surface area contributed by atoms with Crippen molar-refractivity contribution in [1.29, 1.82) is 0 Å². The fraction of sp³-hybridized carbons (Fsp3) is 0.471. The zero-order valence-electron chi connectivity index (χ0n) is 13.4. The molecule has 0 bridgehead atoms. The van der Waals surface area contributed by atoms with Crippen molar-refractivity contribution in [3.05, 3.63) is 30.1 Å². The SMILES string of the molecule is CC(=O)N1CCN(C(=O)CCCc2nc3ccccc3[nH]2)CC1. The van der Waals surface area contributed by atoms with Crippen molar-refractivity contribution >= 4 is 22.8 Å². The van der Waals surface area contributed by atoms with Crippen LogP contribution in [0.25, 0.3) is 11.0 Å². The lowest BCUT2D eigenvalue weighted by atomic mass is 10.2. The molecule has 0 saturated carbocycles. The minimum atomic E-state index is 0.0852. The first kappa shape index (κ1) is 15.5. The molecule has 1 aliphatic heterocycles. The van der Waals surface area contributed by atoms with E-state index in [0.717, 1.165) is 29.7 Å². The third-order valence-electron chi connectivity index (χ3n) is 4.32. The number of para-hydroxylation sites is 2. The average molecular weight is 314 g/mol. The third kappa shape index (κ3) is 3.70. The van der Waals surface area contributed by atoms with Gasteiger partial charge in [0.05, 0.1) is 11.0 Å². The summed E-state index contributed by atoms with van der Waals surface area (Å²) in [4.78, 5) is 35.0. The van der Waals surface area contributed by atoms with E-state index in [-0.39, 0.29) is 11.8 Å². The minimum Gasteiger partial charge on any atom is -0.342 e. The molecule has 0 unspecified atom stereocenters. The molecule has 1 N–H and O–H groups in total. The van der Waals surface area contributed by atoms with Gasteiger partial charge in [-0.1, -0.05) is 12.1 Å². The summed E-state index contributed by atoms with van der Waals surface area (Å²) >= 11 is 0. The molecule has 6 heteroatoms. The molecule has 23 heavy (non-hydrogen) atoms. The third-order valence-corrected chi connectivity index (χ3v) is 4.32.